The first kappa shape index (κ1) is 20.9. The average molecular weight is 411 g/mol. The number of rotatable bonds is 8. The highest BCUT2D eigenvalue weighted by molar-refractivity contribution is 6.32. The molecule has 1 amide bonds. The highest BCUT2D eigenvalue weighted by Crippen LogP contribution is 2.35. The van der Waals surface area contributed by atoms with Gasteiger partial charge in [0.15, 0.2) is 11.5 Å². The third-order valence-electron chi connectivity index (χ3n) is 3.63. The Balaban J connectivity index is 1.90. The van der Waals surface area contributed by atoms with E-state index in [0.29, 0.717) is 33.7 Å². The van der Waals surface area contributed by atoms with Crippen LogP contribution in [0.3, 0.4) is 0 Å². The lowest BCUT2D eigenvalue weighted by Gasteiger charge is -2.11. The number of carbonyl (C=O) groups is 1. The number of nitrogens with zero attached hydrogens (tertiary/aromatic N) is 1. The molecule has 1 atom stereocenters. The zero-order chi connectivity index (χ0) is 19.8. The minimum Gasteiger partial charge on any atom is -0.493 e. The molecule has 27 heavy (non-hydrogen) atoms. The van der Waals surface area contributed by atoms with Gasteiger partial charge < -0.3 is 19.6 Å². The van der Waals surface area contributed by atoms with Crippen molar-refractivity contribution in [2.24, 2.45) is 5.16 Å². The van der Waals surface area contributed by atoms with Crippen molar-refractivity contribution < 1.29 is 19.1 Å². The number of carbonyl (C=O) groups excluding carboxylic acids is 1. The Labute approximate surface area is 168 Å². The van der Waals surface area contributed by atoms with Gasteiger partial charge in [-0.3, -0.25) is 4.79 Å². The van der Waals surface area contributed by atoms with Gasteiger partial charge in [-0.2, -0.15) is 0 Å². The maximum atomic E-state index is 12.1. The molecule has 2 aromatic carbocycles. The monoisotopic (exact) mass is 410 g/mol. The molecule has 0 spiro atoms. The van der Waals surface area contributed by atoms with E-state index in [-0.39, 0.29) is 5.91 Å². The lowest BCUT2D eigenvalue weighted by atomic mass is 10.2. The minimum atomic E-state index is -0.760. The largest absolute Gasteiger partial charge is 0.493 e. The van der Waals surface area contributed by atoms with Crippen molar-refractivity contribution in [2.75, 3.05) is 14.2 Å². The molecule has 0 bridgehead atoms. The van der Waals surface area contributed by atoms with E-state index in [0.717, 1.165) is 5.56 Å². The summed E-state index contributed by atoms with van der Waals surface area (Å²) < 4.78 is 10.4. The van der Waals surface area contributed by atoms with Crippen molar-refractivity contribution >= 4 is 35.3 Å². The molecule has 8 heteroatoms. The van der Waals surface area contributed by atoms with Gasteiger partial charge in [0.25, 0.3) is 5.91 Å². The Morgan fingerprint density at radius 2 is 1.89 bits per heavy atom. The summed E-state index contributed by atoms with van der Waals surface area (Å²) in [6.07, 6.45) is 0.681. The SMILES string of the molecule is COc1cc(/C=N/OC(C)C(=O)NCc2ccc(Cl)cc2)cc(Cl)c1OC. The van der Waals surface area contributed by atoms with E-state index in [1.165, 1.54) is 20.4 Å². The van der Waals surface area contributed by atoms with Crippen molar-refractivity contribution in [3.63, 3.8) is 0 Å². The molecule has 0 saturated carbocycles. The fourth-order valence-electron chi connectivity index (χ4n) is 2.18. The lowest BCUT2D eigenvalue weighted by Crippen LogP contribution is -2.33. The van der Waals surface area contributed by atoms with Gasteiger partial charge in [-0.15, -0.1) is 0 Å². The van der Waals surface area contributed by atoms with Crippen LogP contribution in [0.5, 0.6) is 11.5 Å². The summed E-state index contributed by atoms with van der Waals surface area (Å²) in [4.78, 5) is 17.3. The summed E-state index contributed by atoms with van der Waals surface area (Å²) in [7, 11) is 3.02. The fourth-order valence-corrected chi connectivity index (χ4v) is 2.60. The molecule has 6 nitrogen and oxygen atoms in total. The fraction of sp³-hybridized carbons (Fsp3) is 0.263. The summed E-state index contributed by atoms with van der Waals surface area (Å²) in [6.45, 7) is 1.98. The number of hydrogen-bond acceptors (Lipinski definition) is 5. The molecule has 1 unspecified atom stereocenters. The van der Waals surface area contributed by atoms with Gasteiger partial charge in [-0.05, 0) is 36.8 Å². The highest BCUT2D eigenvalue weighted by atomic mass is 35.5. The van der Waals surface area contributed by atoms with E-state index in [4.69, 9.17) is 37.5 Å². The quantitative estimate of drug-likeness (QED) is 0.525. The van der Waals surface area contributed by atoms with Crippen LogP contribution in [0.4, 0.5) is 0 Å². The highest BCUT2D eigenvalue weighted by Gasteiger charge is 2.14. The van der Waals surface area contributed by atoms with Crippen molar-refractivity contribution in [3.8, 4) is 11.5 Å². The van der Waals surface area contributed by atoms with Crippen LogP contribution in [-0.2, 0) is 16.2 Å². The van der Waals surface area contributed by atoms with Gasteiger partial charge in [-0.1, -0.05) is 40.5 Å². The molecule has 0 radical (unpaired) electrons. The predicted octanol–water partition coefficient (Wildman–Crippen LogP) is 4.07. The van der Waals surface area contributed by atoms with Crippen LogP contribution < -0.4 is 14.8 Å². The summed E-state index contributed by atoms with van der Waals surface area (Å²) >= 11 is 12.0. The number of benzene rings is 2. The Bertz CT molecular complexity index is 810. The maximum absolute atomic E-state index is 12.1. The van der Waals surface area contributed by atoms with E-state index in [1.54, 1.807) is 31.2 Å². The van der Waals surface area contributed by atoms with Gasteiger partial charge in [0.1, 0.15) is 0 Å². The Morgan fingerprint density at radius 1 is 1.19 bits per heavy atom. The number of oxime groups is 1. The van der Waals surface area contributed by atoms with E-state index in [9.17, 15) is 4.79 Å². The second kappa shape index (κ2) is 10.0. The zero-order valence-corrected chi connectivity index (χ0v) is 16.7. The number of halogens is 2. The molecule has 1 N–H and O–H groups in total. The van der Waals surface area contributed by atoms with Crippen LogP contribution in [0.25, 0.3) is 0 Å². The van der Waals surface area contributed by atoms with Crippen LogP contribution in [0, 0.1) is 0 Å². The summed E-state index contributed by atoms with van der Waals surface area (Å²) in [5.41, 5.74) is 1.58. The normalized spacial score (nSPS) is 11.9. The second-order valence-electron chi connectivity index (χ2n) is 5.56. The van der Waals surface area contributed by atoms with Gasteiger partial charge in [-0.25, -0.2) is 0 Å². The molecule has 0 saturated heterocycles. The first-order chi connectivity index (χ1) is 12.9. The second-order valence-corrected chi connectivity index (χ2v) is 6.41. The standard InChI is InChI=1S/C19H20Cl2N2O4/c1-12(19(24)22-10-13-4-6-15(20)7-5-13)27-23-11-14-8-16(21)18(26-3)17(9-14)25-2/h4-9,11-12H,10H2,1-3H3,(H,22,24)/b23-11+. The number of ether oxygens (including phenoxy) is 2. The smallest absolute Gasteiger partial charge is 0.263 e. The van der Waals surface area contributed by atoms with E-state index in [1.807, 2.05) is 12.1 Å². The summed E-state index contributed by atoms with van der Waals surface area (Å²) in [5.74, 6) is 0.625. The number of methoxy groups -OCH3 is 2. The third kappa shape index (κ3) is 6.05. The minimum absolute atomic E-state index is 0.285. The van der Waals surface area contributed by atoms with E-state index in [2.05, 4.69) is 10.5 Å². The van der Waals surface area contributed by atoms with Gasteiger partial charge in [0.2, 0.25) is 6.10 Å². The Hall–Kier alpha value is -2.44. The molecular formula is C19H20Cl2N2O4. The first-order valence-electron chi connectivity index (χ1n) is 8.07. The van der Waals surface area contributed by atoms with Crippen molar-refractivity contribution in [1.82, 2.24) is 5.32 Å². The van der Waals surface area contributed by atoms with Crippen LogP contribution in [0.1, 0.15) is 18.1 Å². The average Bonchev–Trinajstić information content (AvgIpc) is 2.66. The zero-order valence-electron chi connectivity index (χ0n) is 15.2. The van der Waals surface area contributed by atoms with Gasteiger partial charge in [0.05, 0.1) is 25.5 Å². The van der Waals surface area contributed by atoms with E-state index < -0.39 is 6.10 Å². The van der Waals surface area contributed by atoms with Gasteiger partial charge in [0, 0.05) is 17.1 Å². The number of amides is 1. The van der Waals surface area contributed by atoms with E-state index >= 15 is 0 Å². The first-order valence-corrected chi connectivity index (χ1v) is 8.83. The molecule has 2 aromatic rings. The van der Waals surface area contributed by atoms with Crippen LogP contribution in [0.15, 0.2) is 41.6 Å². The van der Waals surface area contributed by atoms with Crippen LogP contribution in [-0.4, -0.2) is 32.4 Å². The molecule has 0 fully saturated rings. The number of nitrogens with one attached hydrogen (secondary N) is 1. The molecular weight excluding hydrogens is 391 g/mol. The molecule has 0 heterocycles. The maximum Gasteiger partial charge on any atom is 0.263 e. The van der Waals surface area contributed by atoms with Crippen molar-refractivity contribution in [2.45, 2.75) is 19.6 Å². The molecule has 0 aliphatic heterocycles. The Morgan fingerprint density at radius 3 is 2.52 bits per heavy atom. The van der Waals surface area contributed by atoms with Crippen LogP contribution in [0.2, 0.25) is 10.0 Å². The van der Waals surface area contributed by atoms with Gasteiger partial charge >= 0.3 is 0 Å². The third-order valence-corrected chi connectivity index (χ3v) is 4.16. The van der Waals surface area contributed by atoms with Crippen molar-refractivity contribution in [3.05, 3.63) is 57.6 Å². The van der Waals surface area contributed by atoms with Crippen molar-refractivity contribution in [1.29, 1.82) is 0 Å². The summed E-state index contributed by atoms with van der Waals surface area (Å²) in [5, 5.41) is 7.64. The molecule has 144 valence electrons. The molecule has 0 aliphatic rings. The molecule has 0 aromatic heterocycles. The Kier molecular flexibility index (Phi) is 7.76. The molecule has 0 aliphatic carbocycles. The summed E-state index contributed by atoms with van der Waals surface area (Å²) in [6, 6.07) is 10.6. The lowest BCUT2D eigenvalue weighted by molar-refractivity contribution is -0.131. The van der Waals surface area contributed by atoms with Crippen LogP contribution >= 0.6 is 23.2 Å². The molecule has 2 rings (SSSR count). The number of hydrogen-bond donors (Lipinski definition) is 1. The topological polar surface area (TPSA) is 69.2 Å². The predicted molar refractivity (Wildman–Crippen MR) is 106 cm³/mol.